The van der Waals surface area contributed by atoms with E-state index in [2.05, 4.69) is 198 Å². The minimum absolute atomic E-state index is 0.0100. The largest absolute Gasteiger partial charge is 0.462 e. The average Bonchev–Trinajstić information content (AvgIpc) is 0.778. The summed E-state index contributed by atoms with van der Waals surface area (Å²) in [6, 6.07) is 0. The fourth-order valence-corrected chi connectivity index (χ4v) is 16.7. The van der Waals surface area contributed by atoms with Gasteiger partial charge in [0.05, 0.1) is 66.1 Å². The average molecular weight is 1680 g/mol. The molecule has 3 unspecified atom stereocenters. The molecule has 0 amide bonds. The van der Waals surface area contributed by atoms with Crippen LogP contribution in [0.4, 0.5) is 0 Å². The summed E-state index contributed by atoms with van der Waals surface area (Å²) in [6.45, 7) is 55.7. The van der Waals surface area contributed by atoms with E-state index in [9.17, 15) is 19.2 Å². The summed E-state index contributed by atoms with van der Waals surface area (Å²) in [5.41, 5.74) is 17.9. The lowest BCUT2D eigenvalue weighted by Gasteiger charge is -2.49. The predicted molar refractivity (Wildman–Crippen MR) is 510 cm³/mol. The zero-order valence-electron chi connectivity index (χ0n) is 80.9. The molecule has 0 aromatic heterocycles. The van der Waals surface area contributed by atoms with Crippen molar-refractivity contribution < 1.29 is 52.3 Å². The van der Waals surface area contributed by atoms with Gasteiger partial charge in [0, 0.05) is 82.1 Å². The maximum atomic E-state index is 12.8. The Balaban J connectivity index is 1.06. The van der Waals surface area contributed by atoms with Crippen LogP contribution in [0, 0.1) is 50.8 Å². The van der Waals surface area contributed by atoms with E-state index in [1.54, 1.807) is 29.4 Å². The van der Waals surface area contributed by atoms with Crippen molar-refractivity contribution in [1.29, 1.82) is 0 Å². The van der Waals surface area contributed by atoms with E-state index in [1.807, 2.05) is 97.3 Å². The molecule has 0 spiro atoms. The van der Waals surface area contributed by atoms with Gasteiger partial charge < -0.3 is 52.8 Å². The zero-order valence-corrected chi connectivity index (χ0v) is 80.9. The number of carbonyl (C=O) groups is 4. The second kappa shape index (κ2) is 56.7. The summed E-state index contributed by atoms with van der Waals surface area (Å²) in [4.78, 5) is 59.1. The van der Waals surface area contributed by atoms with Crippen LogP contribution in [-0.4, -0.2) is 190 Å². The third-order valence-electron chi connectivity index (χ3n) is 25.4. The van der Waals surface area contributed by atoms with E-state index in [1.165, 1.54) is 98.1 Å². The normalized spacial score (nSPS) is 20.6. The quantitative estimate of drug-likeness (QED) is 0.0108. The molecule has 4 aliphatic carbocycles. The van der Waals surface area contributed by atoms with Gasteiger partial charge in [0.1, 0.15) is 0 Å². The Labute approximate surface area is 742 Å². The smallest absolute Gasteiger partial charge is 0.331 e. The van der Waals surface area contributed by atoms with Crippen molar-refractivity contribution in [2.75, 3.05) is 147 Å². The van der Waals surface area contributed by atoms with Gasteiger partial charge in [-0.05, 0) is 286 Å². The van der Waals surface area contributed by atoms with E-state index in [4.69, 9.17) is 33.2 Å². The first-order valence-corrected chi connectivity index (χ1v) is 46.0. The van der Waals surface area contributed by atoms with Crippen molar-refractivity contribution in [3.63, 3.8) is 0 Å². The van der Waals surface area contributed by atoms with E-state index < -0.39 is 0 Å². The van der Waals surface area contributed by atoms with Crippen molar-refractivity contribution in [3.8, 4) is 11.8 Å². The molecular formula is C107H166N4O11. The number of hydrogen-bond acceptors (Lipinski definition) is 15. The maximum Gasteiger partial charge on any atom is 0.331 e. The highest BCUT2D eigenvalue weighted by atomic mass is 16.5. The van der Waals surface area contributed by atoms with E-state index in [-0.39, 0.29) is 51.0 Å². The van der Waals surface area contributed by atoms with Gasteiger partial charge in [0.15, 0.2) is 0 Å². The summed E-state index contributed by atoms with van der Waals surface area (Å²) in [5.74, 6) is 6.82. The van der Waals surface area contributed by atoms with Crippen LogP contribution in [0.1, 0.15) is 254 Å². The van der Waals surface area contributed by atoms with Crippen LogP contribution in [0.25, 0.3) is 0 Å². The topological polar surface area (TPSA) is 146 Å². The molecule has 0 bridgehead atoms. The molecule has 0 heterocycles. The molecular weight excluding hydrogens is 1520 g/mol. The molecule has 0 radical (unpaired) electrons. The van der Waals surface area contributed by atoms with Crippen LogP contribution in [0.15, 0.2) is 200 Å². The SMILES string of the molecule is CC1=C(/C=C/C(C)=C/C=C/C(C)=C/C(=O)OCCCN(C)CCOCCN(C)CCCOC(=O)/C=C(C)/C=C/C=C(C)/C=C/C2=C(C)C(CC3=C(CC/C(C)=C/C=C/C(C)=C/C(=O)OCCCN(C)CCOCCOCCN(C)CCCOC(=O)/C=C(C)/C=C/C=C(\C)C#CC4(C)C(C)CCCC4(C)C)C(C)(C)CCC3)CCC2(C)C)C(C)(C)CCC1. The summed E-state index contributed by atoms with van der Waals surface area (Å²) in [5, 5.41) is 0. The third-order valence-corrected chi connectivity index (χ3v) is 25.4. The Morgan fingerprint density at radius 2 is 0.820 bits per heavy atom. The van der Waals surface area contributed by atoms with Crippen LogP contribution in [0.5, 0.6) is 0 Å². The highest BCUT2D eigenvalue weighted by Gasteiger charge is 2.46. The molecule has 0 saturated heterocycles. The van der Waals surface area contributed by atoms with Crippen LogP contribution >= 0.6 is 0 Å². The Morgan fingerprint density at radius 1 is 0.426 bits per heavy atom. The van der Waals surface area contributed by atoms with Crippen LogP contribution < -0.4 is 0 Å². The first kappa shape index (κ1) is 107. The van der Waals surface area contributed by atoms with Gasteiger partial charge in [0.25, 0.3) is 0 Å². The number of allylic oxidation sites excluding steroid dienone is 30. The van der Waals surface area contributed by atoms with Gasteiger partial charge >= 0.3 is 23.9 Å². The molecule has 0 N–H and O–H groups in total. The summed E-state index contributed by atoms with van der Waals surface area (Å²) >= 11 is 0. The third kappa shape index (κ3) is 43.1. The number of ether oxygens (including phenoxy) is 7. The Bertz CT molecular complexity index is 3940. The van der Waals surface area contributed by atoms with Crippen molar-refractivity contribution in [2.24, 2.45) is 38.9 Å². The number of nitrogens with zero attached hydrogens (tertiary/aromatic N) is 4. The zero-order chi connectivity index (χ0) is 90.3. The van der Waals surface area contributed by atoms with Crippen LogP contribution in [0.2, 0.25) is 0 Å². The number of carbonyl (C=O) groups excluding carboxylic acids is 4. The van der Waals surface area contributed by atoms with Gasteiger partial charge in [-0.3, -0.25) is 0 Å². The Kier molecular flexibility index (Phi) is 49.7. The minimum atomic E-state index is -0.332. The minimum Gasteiger partial charge on any atom is -0.462 e. The number of rotatable bonds is 52. The molecule has 680 valence electrons. The molecule has 1 saturated carbocycles. The molecule has 1 fully saturated rings. The van der Waals surface area contributed by atoms with Gasteiger partial charge in [-0.25, -0.2) is 19.2 Å². The summed E-state index contributed by atoms with van der Waals surface area (Å²) in [7, 11) is 8.20. The lowest BCUT2D eigenvalue weighted by Crippen LogP contribution is -2.42. The van der Waals surface area contributed by atoms with Crippen molar-refractivity contribution in [2.45, 2.75) is 254 Å². The molecule has 0 aromatic carbocycles. The molecule has 0 aromatic rings. The Hall–Kier alpha value is -7.26. The molecule has 122 heavy (non-hydrogen) atoms. The second-order valence-electron chi connectivity index (χ2n) is 38.3. The van der Waals surface area contributed by atoms with Crippen molar-refractivity contribution in [3.05, 3.63) is 200 Å². The van der Waals surface area contributed by atoms with Crippen LogP contribution in [0.3, 0.4) is 0 Å². The molecule has 4 aliphatic rings. The number of hydrogen-bond donors (Lipinski definition) is 0. The molecule has 0 aliphatic heterocycles. The summed E-state index contributed by atoms with van der Waals surface area (Å²) < 4.78 is 39.7. The highest BCUT2D eigenvalue weighted by molar-refractivity contribution is 5.84. The second-order valence-corrected chi connectivity index (χ2v) is 38.3. The van der Waals surface area contributed by atoms with E-state index in [0.29, 0.717) is 77.9 Å². The van der Waals surface area contributed by atoms with Gasteiger partial charge in [-0.1, -0.05) is 217 Å². The van der Waals surface area contributed by atoms with E-state index in [0.717, 1.165) is 143 Å². The predicted octanol–water partition coefficient (Wildman–Crippen LogP) is 23.2. The first-order chi connectivity index (χ1) is 57.7. The molecule has 15 heteroatoms. The molecule has 15 nitrogen and oxygen atoms in total. The fraction of sp³-hybridized carbons (Fsp3) is 0.626. The fourth-order valence-electron chi connectivity index (χ4n) is 16.7. The van der Waals surface area contributed by atoms with Gasteiger partial charge in [0.2, 0.25) is 0 Å². The number of likely N-dealkylation sites (N-methyl/N-ethyl adjacent to an activating group) is 4. The monoisotopic (exact) mass is 1680 g/mol. The van der Waals surface area contributed by atoms with E-state index >= 15 is 0 Å². The van der Waals surface area contributed by atoms with Crippen molar-refractivity contribution in [1.82, 2.24) is 19.6 Å². The summed E-state index contributed by atoms with van der Waals surface area (Å²) in [6.07, 6.45) is 59.0. The highest BCUT2D eigenvalue weighted by Crippen LogP contribution is 2.53. The van der Waals surface area contributed by atoms with Crippen LogP contribution in [-0.2, 0) is 52.3 Å². The lowest BCUT2D eigenvalue weighted by atomic mass is 9.54. The number of esters is 4. The van der Waals surface area contributed by atoms with Gasteiger partial charge in [-0.15, -0.1) is 0 Å². The standard InChI is InChI=1S/C107H166N4O11/c1-83(47-50-96-91(9)44-29-55-103(96,12)13)36-25-40-87(5)78-99(112)119-68-32-60-108(21)64-72-116-73-65-109(22)61-33-69-120-100(113)79-88(6)41-26-37-84(2)48-51-97-93(11)94(54-58-105(97,16)17)82-95-46-31-56-104(14,15)98(95)52-49-85(3)38-27-42-89(7)80-101(114)121-70-34-62-110(23)66-74-117-76-77-118-75-67-111(24)63-35-71-122-102(115)81-90(8)43-28-39-86(4)53-59-107(20)92(10)45-30-57-106(107,18)19/h25-28,36-43,47-48,50-51,78-81,92,94H,29-35,44-46,49,52,54-58,60-77,82H2,1-24H3/b40-25+,41-26+,42-27+,43-28+,50-47+,51-48+,83-36+,84-37+,85-38+,86-39+,87-78+,88-79+,89-80+,90-81+. The maximum absolute atomic E-state index is 12.8. The molecule has 4 rings (SSSR count). The first-order valence-electron chi connectivity index (χ1n) is 46.0. The van der Waals surface area contributed by atoms with Crippen molar-refractivity contribution >= 4 is 23.9 Å². The molecule has 3 atom stereocenters. The Morgan fingerprint density at radius 3 is 1.25 bits per heavy atom. The lowest BCUT2D eigenvalue weighted by molar-refractivity contribution is -0.138. The van der Waals surface area contributed by atoms with Gasteiger partial charge in [-0.2, -0.15) is 0 Å².